The Kier molecular flexibility index (Phi) is 5.03. The molecule has 0 bridgehead atoms. The molecule has 1 aliphatic heterocycles. The Balaban J connectivity index is 1.91. The summed E-state index contributed by atoms with van der Waals surface area (Å²) in [7, 11) is -1.66. The quantitative estimate of drug-likeness (QED) is 0.830. The fraction of sp³-hybridized carbons (Fsp3) is 0.750. The summed E-state index contributed by atoms with van der Waals surface area (Å²) in [5.41, 5.74) is -0.855. The smallest absolute Gasteiger partial charge is 0.348 e. The summed E-state index contributed by atoms with van der Waals surface area (Å²) in [6.45, 7) is 1.62. The molecule has 0 atom stereocenters. The normalized spacial score (nSPS) is 18.2. The van der Waals surface area contributed by atoms with Gasteiger partial charge in [-0.2, -0.15) is 13.2 Å². The first-order chi connectivity index (χ1) is 10.1. The Hall–Kier alpha value is -0.870. The van der Waals surface area contributed by atoms with Crippen LogP contribution in [0.3, 0.4) is 0 Å². The topological polar surface area (TPSA) is 53.5 Å². The lowest BCUT2D eigenvalue weighted by Gasteiger charge is -2.33. The Bertz CT molecular complexity index is 607. The fourth-order valence-electron chi connectivity index (χ4n) is 2.35. The molecule has 22 heavy (non-hydrogen) atoms. The minimum atomic E-state index is -4.41. The van der Waals surface area contributed by atoms with E-state index in [0.29, 0.717) is 24.8 Å². The number of alkyl halides is 3. The maximum Gasteiger partial charge on any atom is 0.434 e. The average Bonchev–Trinajstić information content (AvgIpc) is 2.88. The van der Waals surface area contributed by atoms with Gasteiger partial charge in [-0.15, -0.1) is 11.3 Å². The van der Waals surface area contributed by atoms with Crippen LogP contribution in [-0.4, -0.2) is 50.6 Å². The Morgan fingerprint density at radius 2 is 2.00 bits per heavy atom. The molecule has 0 N–H and O–H groups in total. The molecule has 1 fully saturated rings. The molecule has 1 aliphatic rings. The third-order valence-electron chi connectivity index (χ3n) is 3.75. The molecule has 5 nitrogen and oxygen atoms in total. The molecule has 0 aliphatic carbocycles. The van der Waals surface area contributed by atoms with Crippen molar-refractivity contribution in [2.45, 2.75) is 19.0 Å². The van der Waals surface area contributed by atoms with Crippen LogP contribution in [0.1, 0.15) is 18.5 Å². The maximum atomic E-state index is 12.5. The largest absolute Gasteiger partial charge is 0.434 e. The van der Waals surface area contributed by atoms with Crippen LogP contribution in [0.2, 0.25) is 0 Å². The second-order valence-electron chi connectivity index (χ2n) is 5.49. The predicted octanol–water partition coefficient (Wildman–Crippen LogP) is 2.27. The highest BCUT2D eigenvalue weighted by Crippen LogP contribution is 2.34. The zero-order chi connectivity index (χ0) is 16.5. The van der Waals surface area contributed by atoms with E-state index in [9.17, 15) is 21.6 Å². The molecule has 1 saturated heterocycles. The van der Waals surface area contributed by atoms with Crippen molar-refractivity contribution in [1.82, 2.24) is 9.29 Å². The number of hydrogen-bond donors (Lipinski definition) is 0. The lowest BCUT2D eigenvalue weighted by molar-refractivity contribution is -0.140. The van der Waals surface area contributed by atoms with Crippen molar-refractivity contribution in [3.8, 4) is 0 Å². The van der Waals surface area contributed by atoms with Crippen molar-refractivity contribution < 1.29 is 21.6 Å². The zero-order valence-electron chi connectivity index (χ0n) is 12.3. The van der Waals surface area contributed by atoms with E-state index in [2.05, 4.69) is 4.98 Å². The van der Waals surface area contributed by atoms with Gasteiger partial charge < -0.3 is 4.90 Å². The molecule has 0 saturated carbocycles. The van der Waals surface area contributed by atoms with Gasteiger partial charge in [0.15, 0.2) is 10.8 Å². The highest BCUT2D eigenvalue weighted by molar-refractivity contribution is 7.88. The van der Waals surface area contributed by atoms with Gasteiger partial charge >= 0.3 is 6.18 Å². The van der Waals surface area contributed by atoms with E-state index in [1.165, 1.54) is 11.4 Å². The Morgan fingerprint density at radius 1 is 1.41 bits per heavy atom. The van der Waals surface area contributed by atoms with Crippen LogP contribution >= 0.6 is 11.3 Å². The van der Waals surface area contributed by atoms with Gasteiger partial charge in [0.2, 0.25) is 10.0 Å². The van der Waals surface area contributed by atoms with Crippen LogP contribution < -0.4 is 4.90 Å². The van der Waals surface area contributed by atoms with Crippen molar-refractivity contribution in [3.63, 3.8) is 0 Å². The monoisotopic (exact) mass is 357 g/mol. The summed E-state index contributed by atoms with van der Waals surface area (Å²) in [4.78, 5) is 5.47. The summed E-state index contributed by atoms with van der Waals surface area (Å²) in [5, 5.41) is 1.40. The Morgan fingerprint density at radius 3 is 2.45 bits per heavy atom. The number of halogens is 3. The number of hydrogen-bond acceptors (Lipinski definition) is 5. The molecule has 1 aromatic heterocycles. The van der Waals surface area contributed by atoms with Gasteiger partial charge in [-0.1, -0.05) is 0 Å². The minimum absolute atomic E-state index is 0.220. The number of sulfonamides is 1. The highest BCUT2D eigenvalue weighted by atomic mass is 32.2. The van der Waals surface area contributed by atoms with Gasteiger partial charge in [-0.25, -0.2) is 17.7 Å². The lowest BCUT2D eigenvalue weighted by Crippen LogP contribution is -2.39. The van der Waals surface area contributed by atoms with E-state index >= 15 is 0 Å². The predicted molar refractivity (Wildman–Crippen MR) is 79.5 cm³/mol. The van der Waals surface area contributed by atoms with Crippen molar-refractivity contribution >= 4 is 26.5 Å². The molecule has 10 heteroatoms. The summed E-state index contributed by atoms with van der Waals surface area (Å²) in [6.07, 6.45) is -1.77. The lowest BCUT2D eigenvalue weighted by atomic mass is 9.97. The van der Waals surface area contributed by atoms with E-state index in [4.69, 9.17) is 0 Å². The minimum Gasteiger partial charge on any atom is -0.348 e. The third kappa shape index (κ3) is 4.32. The summed E-state index contributed by atoms with van der Waals surface area (Å²) in [6, 6.07) is 0. The first-order valence-corrected chi connectivity index (χ1v) is 9.49. The van der Waals surface area contributed by atoms with Crippen molar-refractivity contribution in [2.75, 3.05) is 37.8 Å². The number of piperidine rings is 1. The van der Waals surface area contributed by atoms with Crippen LogP contribution in [0, 0.1) is 5.92 Å². The molecule has 126 valence electrons. The van der Waals surface area contributed by atoms with Crippen LogP contribution in [0.5, 0.6) is 0 Å². The first-order valence-electron chi connectivity index (χ1n) is 6.76. The number of thiazole rings is 1. The van der Waals surface area contributed by atoms with Crippen LogP contribution in [-0.2, 0) is 16.2 Å². The molecule has 0 unspecified atom stereocenters. The average molecular weight is 357 g/mol. The fourth-order valence-corrected chi connectivity index (χ4v) is 3.71. The molecule has 0 aromatic carbocycles. The number of nitrogens with zero attached hydrogens (tertiary/aromatic N) is 3. The van der Waals surface area contributed by atoms with Gasteiger partial charge in [0, 0.05) is 32.1 Å². The highest BCUT2D eigenvalue weighted by Gasteiger charge is 2.34. The third-order valence-corrected chi connectivity index (χ3v) is 5.93. The molecule has 0 radical (unpaired) electrons. The molecule has 2 rings (SSSR count). The van der Waals surface area contributed by atoms with Gasteiger partial charge in [-0.3, -0.25) is 0 Å². The molecule has 0 spiro atoms. The van der Waals surface area contributed by atoms with Crippen molar-refractivity contribution in [1.29, 1.82) is 0 Å². The summed E-state index contributed by atoms with van der Waals surface area (Å²) in [5.74, 6) is 0.220. The van der Waals surface area contributed by atoms with Crippen molar-refractivity contribution in [2.24, 2.45) is 5.92 Å². The van der Waals surface area contributed by atoms with E-state index in [1.54, 1.807) is 0 Å². The van der Waals surface area contributed by atoms with E-state index in [-0.39, 0.29) is 5.92 Å². The van der Waals surface area contributed by atoms with Crippen molar-refractivity contribution in [3.05, 3.63) is 11.1 Å². The summed E-state index contributed by atoms with van der Waals surface area (Å²) >= 11 is 0.991. The number of aromatic nitrogens is 1. The van der Waals surface area contributed by atoms with Crippen LogP contribution in [0.15, 0.2) is 5.38 Å². The summed E-state index contributed by atoms with van der Waals surface area (Å²) < 4.78 is 61.7. The standard InChI is InChI=1S/C12H18F3N3O2S2/c1-17(22(2,19)20)7-9-3-5-18(6-4-9)11-16-10(8-21-11)12(13,14)15/h8-9H,3-7H2,1-2H3. The number of anilines is 1. The second kappa shape index (κ2) is 6.32. The molecule has 2 heterocycles. The van der Waals surface area contributed by atoms with Crippen LogP contribution in [0.4, 0.5) is 18.3 Å². The molecule has 0 amide bonds. The SMILES string of the molecule is CN(CC1CCN(c2nc(C(F)(F)F)cs2)CC1)S(C)(=O)=O. The van der Waals surface area contributed by atoms with Gasteiger partial charge in [-0.05, 0) is 18.8 Å². The zero-order valence-corrected chi connectivity index (χ0v) is 13.9. The number of rotatable bonds is 4. The van der Waals surface area contributed by atoms with E-state index in [0.717, 1.165) is 35.8 Å². The van der Waals surface area contributed by atoms with E-state index in [1.807, 2.05) is 4.90 Å². The van der Waals surface area contributed by atoms with Crippen LogP contribution in [0.25, 0.3) is 0 Å². The van der Waals surface area contributed by atoms with Gasteiger partial charge in [0.1, 0.15) is 0 Å². The van der Waals surface area contributed by atoms with Gasteiger partial charge in [0.05, 0.1) is 6.26 Å². The molecule has 1 aromatic rings. The van der Waals surface area contributed by atoms with E-state index < -0.39 is 21.9 Å². The molecular weight excluding hydrogens is 339 g/mol. The maximum absolute atomic E-state index is 12.5. The Labute approximate surface area is 131 Å². The first kappa shape index (κ1) is 17.5. The van der Waals surface area contributed by atoms with Gasteiger partial charge in [0.25, 0.3) is 0 Å². The molecular formula is C12H18F3N3O2S2. The second-order valence-corrected chi connectivity index (χ2v) is 8.41.